The molecule has 0 aromatic heterocycles. The van der Waals surface area contributed by atoms with Crippen LogP contribution in [0.3, 0.4) is 0 Å². The zero-order valence-corrected chi connectivity index (χ0v) is 12.6. The highest BCUT2D eigenvalue weighted by atomic mass is 16.6. The third-order valence-electron chi connectivity index (χ3n) is 2.94. The van der Waals surface area contributed by atoms with Gasteiger partial charge in [0, 0.05) is 33.4 Å². The largest absolute Gasteiger partial charge is 0.444 e. The minimum absolute atomic E-state index is 0.217. The van der Waals surface area contributed by atoms with Crippen molar-refractivity contribution in [2.24, 2.45) is 0 Å². The van der Waals surface area contributed by atoms with E-state index in [0.29, 0.717) is 13.1 Å². The van der Waals surface area contributed by atoms with E-state index in [1.807, 2.05) is 20.8 Å². The number of carbonyl (C=O) groups is 1. The second-order valence-electron chi connectivity index (χ2n) is 5.88. The van der Waals surface area contributed by atoms with Crippen LogP contribution in [0.2, 0.25) is 0 Å². The van der Waals surface area contributed by atoms with Crippen molar-refractivity contribution in [1.29, 1.82) is 0 Å². The number of nitrogens with zero attached hydrogens (tertiary/aromatic N) is 1. The molecule has 1 heterocycles. The fourth-order valence-electron chi connectivity index (χ4n) is 1.98. The van der Waals surface area contributed by atoms with Crippen molar-refractivity contribution >= 4 is 6.09 Å². The molecule has 1 amide bonds. The first-order chi connectivity index (χ1) is 8.92. The average Bonchev–Trinajstić information content (AvgIpc) is 2.33. The Morgan fingerprint density at radius 2 is 1.84 bits per heavy atom. The summed E-state index contributed by atoms with van der Waals surface area (Å²) in [4.78, 5) is 13.6. The van der Waals surface area contributed by atoms with Gasteiger partial charge in [-0.15, -0.1) is 0 Å². The monoisotopic (exact) mass is 273 g/mol. The van der Waals surface area contributed by atoms with Gasteiger partial charge in [0.15, 0.2) is 0 Å². The van der Waals surface area contributed by atoms with Crippen molar-refractivity contribution in [2.45, 2.75) is 51.7 Å². The molecule has 1 saturated heterocycles. The van der Waals surface area contributed by atoms with E-state index in [2.05, 4.69) is 0 Å². The second-order valence-corrected chi connectivity index (χ2v) is 5.88. The Morgan fingerprint density at radius 3 is 2.37 bits per heavy atom. The summed E-state index contributed by atoms with van der Waals surface area (Å²) in [5.74, 6) is 0. The van der Waals surface area contributed by atoms with Crippen molar-refractivity contribution in [3.05, 3.63) is 0 Å². The summed E-state index contributed by atoms with van der Waals surface area (Å²) < 4.78 is 16.1. The first kappa shape index (κ1) is 16.2. The van der Waals surface area contributed by atoms with Crippen LogP contribution in [0.25, 0.3) is 0 Å². The van der Waals surface area contributed by atoms with E-state index in [0.717, 1.165) is 32.5 Å². The molecular weight excluding hydrogens is 246 g/mol. The lowest BCUT2D eigenvalue weighted by molar-refractivity contribution is -0.0149. The molecule has 0 saturated carbocycles. The molecule has 0 atom stereocenters. The third kappa shape index (κ3) is 6.78. The molecule has 19 heavy (non-hydrogen) atoms. The van der Waals surface area contributed by atoms with Crippen LogP contribution in [0.5, 0.6) is 0 Å². The maximum atomic E-state index is 11.9. The minimum Gasteiger partial charge on any atom is -0.444 e. The van der Waals surface area contributed by atoms with Crippen LogP contribution in [0, 0.1) is 0 Å². The molecule has 5 nitrogen and oxygen atoms in total. The van der Waals surface area contributed by atoms with Gasteiger partial charge in [0.25, 0.3) is 0 Å². The molecule has 1 fully saturated rings. The fraction of sp³-hybridized carbons (Fsp3) is 0.929. The van der Waals surface area contributed by atoms with Crippen LogP contribution >= 0.6 is 0 Å². The molecule has 0 spiro atoms. The van der Waals surface area contributed by atoms with Crippen LogP contribution in [0.1, 0.15) is 40.0 Å². The molecule has 0 N–H and O–H groups in total. The number of hydrogen-bond donors (Lipinski definition) is 0. The van der Waals surface area contributed by atoms with Crippen molar-refractivity contribution in [3.63, 3.8) is 0 Å². The summed E-state index contributed by atoms with van der Waals surface area (Å²) in [7, 11) is 1.69. The Hall–Kier alpha value is -0.810. The lowest BCUT2D eigenvalue weighted by atomic mass is 10.1. The van der Waals surface area contributed by atoms with Crippen molar-refractivity contribution in [3.8, 4) is 0 Å². The molecule has 5 heteroatoms. The first-order valence-electron chi connectivity index (χ1n) is 7.01. The highest BCUT2D eigenvalue weighted by molar-refractivity contribution is 5.68. The van der Waals surface area contributed by atoms with Crippen molar-refractivity contribution in [1.82, 2.24) is 4.90 Å². The Bertz CT molecular complexity index is 267. The molecule has 0 radical (unpaired) electrons. The van der Waals surface area contributed by atoms with Crippen LogP contribution < -0.4 is 0 Å². The van der Waals surface area contributed by atoms with E-state index in [1.165, 1.54) is 0 Å². The number of likely N-dealkylation sites (tertiary alicyclic amines) is 1. The molecule has 0 aromatic carbocycles. The van der Waals surface area contributed by atoms with Gasteiger partial charge >= 0.3 is 6.09 Å². The van der Waals surface area contributed by atoms with Gasteiger partial charge in [0.1, 0.15) is 5.60 Å². The number of piperidine rings is 1. The summed E-state index contributed by atoms with van der Waals surface area (Å²) in [6, 6.07) is 0. The quantitative estimate of drug-likeness (QED) is 0.722. The van der Waals surface area contributed by atoms with Gasteiger partial charge in [-0.1, -0.05) is 0 Å². The van der Waals surface area contributed by atoms with E-state index < -0.39 is 5.60 Å². The lowest BCUT2D eigenvalue weighted by Gasteiger charge is -2.33. The summed E-state index contributed by atoms with van der Waals surface area (Å²) in [5.41, 5.74) is -0.426. The van der Waals surface area contributed by atoms with Gasteiger partial charge in [-0.3, -0.25) is 0 Å². The van der Waals surface area contributed by atoms with Gasteiger partial charge in [-0.2, -0.15) is 0 Å². The maximum Gasteiger partial charge on any atom is 0.410 e. The van der Waals surface area contributed by atoms with E-state index in [4.69, 9.17) is 14.2 Å². The summed E-state index contributed by atoms with van der Waals surface area (Å²) in [6.07, 6.45) is 2.72. The van der Waals surface area contributed by atoms with Crippen molar-refractivity contribution < 1.29 is 19.0 Å². The maximum absolute atomic E-state index is 11.9. The van der Waals surface area contributed by atoms with Crippen LogP contribution in [0.4, 0.5) is 4.79 Å². The Morgan fingerprint density at radius 1 is 1.21 bits per heavy atom. The summed E-state index contributed by atoms with van der Waals surface area (Å²) in [6.45, 7) is 8.54. The Balaban J connectivity index is 2.19. The molecule has 0 unspecified atom stereocenters. The van der Waals surface area contributed by atoms with Crippen LogP contribution in [-0.2, 0) is 14.2 Å². The van der Waals surface area contributed by atoms with E-state index >= 15 is 0 Å². The predicted molar refractivity (Wildman–Crippen MR) is 73.3 cm³/mol. The zero-order chi connectivity index (χ0) is 14.3. The molecule has 0 aliphatic carbocycles. The number of carbonyl (C=O) groups excluding carboxylic acids is 1. The molecule has 112 valence electrons. The summed E-state index contributed by atoms with van der Waals surface area (Å²) >= 11 is 0. The van der Waals surface area contributed by atoms with Crippen molar-refractivity contribution in [2.75, 3.05) is 33.4 Å². The molecule has 1 aliphatic heterocycles. The highest BCUT2D eigenvalue weighted by Crippen LogP contribution is 2.17. The summed E-state index contributed by atoms with van der Waals surface area (Å²) in [5, 5.41) is 0. The van der Waals surface area contributed by atoms with Gasteiger partial charge in [-0.25, -0.2) is 4.79 Å². The fourth-order valence-corrected chi connectivity index (χ4v) is 1.98. The SMILES string of the molecule is COCCCOC1CCN(C(=O)OC(C)(C)C)CC1. The third-order valence-corrected chi connectivity index (χ3v) is 2.94. The molecule has 1 aliphatic rings. The minimum atomic E-state index is -0.426. The van der Waals surface area contributed by atoms with Gasteiger partial charge < -0.3 is 19.1 Å². The normalized spacial score (nSPS) is 17.6. The Labute approximate surface area is 116 Å². The van der Waals surface area contributed by atoms with E-state index in [1.54, 1.807) is 12.0 Å². The highest BCUT2D eigenvalue weighted by Gasteiger charge is 2.26. The number of amides is 1. The number of hydrogen-bond acceptors (Lipinski definition) is 4. The second kappa shape index (κ2) is 7.70. The van der Waals surface area contributed by atoms with E-state index in [9.17, 15) is 4.79 Å². The van der Waals surface area contributed by atoms with Gasteiger partial charge in [0.2, 0.25) is 0 Å². The van der Waals surface area contributed by atoms with E-state index in [-0.39, 0.29) is 12.2 Å². The average molecular weight is 273 g/mol. The first-order valence-corrected chi connectivity index (χ1v) is 7.01. The van der Waals surface area contributed by atoms with Gasteiger partial charge in [0.05, 0.1) is 6.10 Å². The van der Waals surface area contributed by atoms with Crippen LogP contribution in [0.15, 0.2) is 0 Å². The smallest absolute Gasteiger partial charge is 0.410 e. The topological polar surface area (TPSA) is 48.0 Å². The molecule has 0 aromatic rings. The molecule has 0 bridgehead atoms. The molecule has 1 rings (SSSR count). The number of rotatable bonds is 5. The predicted octanol–water partition coefficient (Wildman–Crippen LogP) is 2.44. The number of ether oxygens (including phenoxy) is 3. The zero-order valence-electron chi connectivity index (χ0n) is 12.6. The molecular formula is C14H27NO4. The van der Waals surface area contributed by atoms with Gasteiger partial charge in [-0.05, 0) is 40.0 Å². The Kier molecular flexibility index (Phi) is 6.58. The standard InChI is InChI=1S/C14H27NO4/c1-14(2,3)19-13(16)15-8-6-12(7-9-15)18-11-5-10-17-4/h12H,5-11H2,1-4H3. The van der Waals surface area contributed by atoms with Crippen LogP contribution in [-0.4, -0.2) is 56.1 Å². The lowest BCUT2D eigenvalue weighted by Crippen LogP contribution is -2.43. The number of methoxy groups -OCH3 is 1.